The number of aromatic nitrogens is 3. The van der Waals surface area contributed by atoms with E-state index in [1.807, 2.05) is 26.2 Å². The fraction of sp³-hybridized carbons (Fsp3) is 0.211. The number of halogens is 1. The van der Waals surface area contributed by atoms with Crippen molar-refractivity contribution >= 4 is 29.1 Å². The van der Waals surface area contributed by atoms with Crippen LogP contribution in [0.4, 0.5) is 17.5 Å². The van der Waals surface area contributed by atoms with Crippen LogP contribution in [-0.4, -0.2) is 52.1 Å². The van der Waals surface area contributed by atoms with Gasteiger partial charge in [-0.1, -0.05) is 11.6 Å². The molecule has 0 saturated heterocycles. The standard InChI is InChI=1S/C19H21ClN6O/c1-26(2)9-8-22-19-24-15(13-4-3-7-21-12-13)11-18(25-19)23-16-10-14(20)5-6-17(16)27/h3-7,10-12,27H,8-9H2,1-2H3,(H2,22,23,24,25). The molecule has 140 valence electrons. The maximum Gasteiger partial charge on any atom is 0.225 e. The normalized spacial score (nSPS) is 10.8. The van der Waals surface area contributed by atoms with Crippen molar-refractivity contribution in [2.75, 3.05) is 37.8 Å². The quantitative estimate of drug-likeness (QED) is 0.536. The third kappa shape index (κ3) is 5.29. The van der Waals surface area contributed by atoms with Crippen LogP contribution < -0.4 is 10.6 Å². The van der Waals surface area contributed by atoms with Crippen LogP contribution in [0.1, 0.15) is 0 Å². The van der Waals surface area contributed by atoms with Crippen LogP contribution in [0.2, 0.25) is 5.02 Å². The molecule has 2 aromatic heterocycles. The predicted octanol–water partition coefficient (Wildman–Crippen LogP) is 3.61. The number of hydrogen-bond acceptors (Lipinski definition) is 7. The molecule has 1 aromatic carbocycles. The number of nitrogens with zero attached hydrogens (tertiary/aromatic N) is 4. The molecular formula is C19H21ClN6O. The van der Waals surface area contributed by atoms with E-state index in [4.69, 9.17) is 11.6 Å². The summed E-state index contributed by atoms with van der Waals surface area (Å²) >= 11 is 6.03. The third-order valence-electron chi connectivity index (χ3n) is 3.75. The SMILES string of the molecule is CN(C)CCNc1nc(Nc2cc(Cl)ccc2O)cc(-c2cccnc2)n1. The lowest BCUT2D eigenvalue weighted by molar-refractivity contribution is 0.425. The second-order valence-electron chi connectivity index (χ2n) is 6.22. The van der Waals surface area contributed by atoms with Gasteiger partial charge in [0.15, 0.2) is 0 Å². The summed E-state index contributed by atoms with van der Waals surface area (Å²) in [6, 6.07) is 10.4. The van der Waals surface area contributed by atoms with Crippen LogP contribution in [0.15, 0.2) is 48.8 Å². The Morgan fingerprint density at radius 2 is 2.00 bits per heavy atom. The second-order valence-corrected chi connectivity index (χ2v) is 6.66. The van der Waals surface area contributed by atoms with Crippen LogP contribution in [0.25, 0.3) is 11.3 Å². The van der Waals surface area contributed by atoms with Crippen molar-refractivity contribution in [2.24, 2.45) is 0 Å². The molecule has 0 aliphatic rings. The number of rotatable bonds is 7. The van der Waals surface area contributed by atoms with Gasteiger partial charge in [-0.25, -0.2) is 4.98 Å². The summed E-state index contributed by atoms with van der Waals surface area (Å²) in [5.41, 5.74) is 2.06. The first-order valence-corrected chi connectivity index (χ1v) is 8.82. The zero-order valence-corrected chi connectivity index (χ0v) is 15.9. The maximum absolute atomic E-state index is 10.1. The van der Waals surface area contributed by atoms with Gasteiger partial charge in [-0.05, 0) is 44.4 Å². The fourth-order valence-corrected chi connectivity index (χ4v) is 2.56. The van der Waals surface area contributed by atoms with Gasteiger partial charge >= 0.3 is 0 Å². The molecule has 0 fully saturated rings. The molecule has 3 aromatic rings. The fourth-order valence-electron chi connectivity index (χ4n) is 2.39. The molecule has 0 aliphatic heterocycles. The van der Waals surface area contributed by atoms with Gasteiger partial charge in [0.25, 0.3) is 0 Å². The molecule has 0 unspecified atom stereocenters. The van der Waals surface area contributed by atoms with Gasteiger partial charge in [0.2, 0.25) is 5.95 Å². The van der Waals surface area contributed by atoms with Crippen LogP contribution in [-0.2, 0) is 0 Å². The summed E-state index contributed by atoms with van der Waals surface area (Å²) in [6.45, 7) is 1.55. The van der Waals surface area contributed by atoms with Crippen LogP contribution in [0.5, 0.6) is 5.75 Å². The summed E-state index contributed by atoms with van der Waals surface area (Å²) in [4.78, 5) is 15.3. The third-order valence-corrected chi connectivity index (χ3v) is 3.98. The summed E-state index contributed by atoms with van der Waals surface area (Å²) in [5.74, 6) is 1.11. The van der Waals surface area contributed by atoms with Crippen molar-refractivity contribution in [1.82, 2.24) is 19.9 Å². The Kier molecular flexibility index (Phi) is 6.05. The zero-order chi connectivity index (χ0) is 19.2. The topological polar surface area (TPSA) is 86.2 Å². The van der Waals surface area contributed by atoms with E-state index in [0.29, 0.717) is 29.0 Å². The Hall–Kier alpha value is -2.90. The van der Waals surface area contributed by atoms with E-state index in [0.717, 1.165) is 17.8 Å². The molecule has 2 heterocycles. The van der Waals surface area contributed by atoms with Crippen molar-refractivity contribution in [2.45, 2.75) is 0 Å². The lowest BCUT2D eigenvalue weighted by atomic mass is 10.2. The van der Waals surface area contributed by atoms with Crippen LogP contribution in [0, 0.1) is 0 Å². The van der Waals surface area contributed by atoms with Gasteiger partial charge in [0.05, 0.1) is 11.4 Å². The molecule has 8 heteroatoms. The first-order chi connectivity index (χ1) is 13.0. The minimum absolute atomic E-state index is 0.0862. The van der Waals surface area contributed by atoms with Crippen molar-refractivity contribution < 1.29 is 5.11 Å². The molecule has 0 atom stereocenters. The first kappa shape index (κ1) is 18.9. The number of phenolic OH excluding ortho intramolecular Hbond substituents is 1. The molecule has 7 nitrogen and oxygen atoms in total. The van der Waals surface area contributed by atoms with E-state index in [2.05, 4.69) is 30.5 Å². The van der Waals surface area contributed by atoms with Gasteiger partial charge < -0.3 is 20.6 Å². The number of hydrogen-bond donors (Lipinski definition) is 3. The number of benzene rings is 1. The number of phenols is 1. The monoisotopic (exact) mass is 384 g/mol. The van der Waals surface area contributed by atoms with Crippen molar-refractivity contribution in [1.29, 1.82) is 0 Å². The van der Waals surface area contributed by atoms with E-state index in [-0.39, 0.29) is 5.75 Å². The highest BCUT2D eigenvalue weighted by molar-refractivity contribution is 6.30. The van der Waals surface area contributed by atoms with E-state index in [9.17, 15) is 5.11 Å². The highest BCUT2D eigenvalue weighted by Crippen LogP contribution is 2.30. The molecule has 0 saturated carbocycles. The molecule has 3 rings (SSSR count). The lowest BCUT2D eigenvalue weighted by Crippen LogP contribution is -2.21. The average Bonchev–Trinajstić information content (AvgIpc) is 2.65. The minimum atomic E-state index is 0.0862. The molecule has 27 heavy (non-hydrogen) atoms. The first-order valence-electron chi connectivity index (χ1n) is 8.45. The van der Waals surface area contributed by atoms with Crippen molar-refractivity contribution in [3.8, 4) is 17.0 Å². The molecule has 0 aliphatic carbocycles. The van der Waals surface area contributed by atoms with Gasteiger partial charge in [-0.15, -0.1) is 0 Å². The molecular weight excluding hydrogens is 364 g/mol. The molecule has 0 amide bonds. The summed E-state index contributed by atoms with van der Waals surface area (Å²) in [7, 11) is 4.01. The molecule has 3 N–H and O–H groups in total. The Labute approximate surface area is 163 Å². The molecule has 0 radical (unpaired) electrons. The summed E-state index contributed by atoms with van der Waals surface area (Å²) < 4.78 is 0. The smallest absolute Gasteiger partial charge is 0.225 e. The summed E-state index contributed by atoms with van der Waals surface area (Å²) in [6.07, 6.45) is 3.46. The number of nitrogens with one attached hydrogen (secondary N) is 2. The van der Waals surface area contributed by atoms with Crippen LogP contribution >= 0.6 is 11.6 Å². The van der Waals surface area contributed by atoms with E-state index < -0.39 is 0 Å². The minimum Gasteiger partial charge on any atom is -0.506 e. The number of aromatic hydroxyl groups is 1. The maximum atomic E-state index is 10.1. The zero-order valence-electron chi connectivity index (χ0n) is 15.1. The van der Waals surface area contributed by atoms with E-state index in [1.165, 1.54) is 6.07 Å². The Balaban J connectivity index is 1.92. The Bertz CT molecular complexity index is 904. The van der Waals surface area contributed by atoms with Crippen LogP contribution in [0.3, 0.4) is 0 Å². The van der Waals surface area contributed by atoms with Crippen molar-refractivity contribution in [3.63, 3.8) is 0 Å². The Morgan fingerprint density at radius 1 is 1.15 bits per heavy atom. The molecule has 0 bridgehead atoms. The highest BCUT2D eigenvalue weighted by atomic mass is 35.5. The highest BCUT2D eigenvalue weighted by Gasteiger charge is 2.09. The number of anilines is 3. The van der Waals surface area contributed by atoms with Gasteiger partial charge in [-0.3, -0.25) is 4.98 Å². The van der Waals surface area contributed by atoms with Gasteiger partial charge in [0.1, 0.15) is 11.6 Å². The van der Waals surface area contributed by atoms with Gasteiger partial charge in [0, 0.05) is 42.1 Å². The summed E-state index contributed by atoms with van der Waals surface area (Å²) in [5, 5.41) is 16.9. The Morgan fingerprint density at radius 3 is 2.74 bits per heavy atom. The average molecular weight is 385 g/mol. The number of pyridine rings is 1. The van der Waals surface area contributed by atoms with Crippen molar-refractivity contribution in [3.05, 3.63) is 53.8 Å². The van der Waals surface area contributed by atoms with E-state index in [1.54, 1.807) is 30.6 Å². The largest absolute Gasteiger partial charge is 0.506 e. The van der Waals surface area contributed by atoms with E-state index >= 15 is 0 Å². The van der Waals surface area contributed by atoms with Gasteiger partial charge in [-0.2, -0.15) is 4.98 Å². The predicted molar refractivity (Wildman–Crippen MR) is 109 cm³/mol. The lowest BCUT2D eigenvalue weighted by Gasteiger charge is -2.14. The molecule has 0 spiro atoms. The second kappa shape index (κ2) is 8.66. The number of likely N-dealkylation sites (N-methyl/N-ethyl adjacent to an activating group) is 1.